The molecule has 1 fully saturated rings. The van der Waals surface area contributed by atoms with Gasteiger partial charge in [-0.1, -0.05) is 30.3 Å². The molecule has 0 spiro atoms. The van der Waals surface area contributed by atoms with Crippen molar-refractivity contribution in [1.29, 1.82) is 0 Å². The fraction of sp³-hybridized carbons (Fsp3) is 0.250. The van der Waals surface area contributed by atoms with Crippen molar-refractivity contribution in [3.8, 4) is 0 Å². The molecule has 0 heterocycles. The van der Waals surface area contributed by atoms with Crippen molar-refractivity contribution in [1.82, 2.24) is 0 Å². The summed E-state index contributed by atoms with van der Waals surface area (Å²) in [6.07, 6.45) is 0. The molecule has 0 saturated heterocycles. The lowest BCUT2D eigenvalue weighted by Gasteiger charge is -2.04. The molecule has 3 rings (SSSR count). The fourth-order valence-electron chi connectivity index (χ4n) is 2.94. The van der Waals surface area contributed by atoms with E-state index in [1.54, 1.807) is 42.5 Å². The number of halogens is 1. The van der Waals surface area contributed by atoms with E-state index in [-0.39, 0.29) is 17.7 Å². The van der Waals surface area contributed by atoms with Crippen LogP contribution in [0.4, 0.5) is 4.39 Å². The van der Waals surface area contributed by atoms with Crippen molar-refractivity contribution in [2.24, 2.45) is 11.7 Å². The Morgan fingerprint density at radius 1 is 1.00 bits per heavy atom. The minimum atomic E-state index is -3.41. The van der Waals surface area contributed by atoms with Crippen LogP contribution in [0, 0.1) is 11.7 Å². The third kappa shape index (κ3) is 2.47. The maximum atomic E-state index is 13.0. The van der Waals surface area contributed by atoms with E-state index in [1.807, 2.05) is 0 Å². The summed E-state index contributed by atoms with van der Waals surface area (Å²) < 4.78 is 38.4. The van der Waals surface area contributed by atoms with Crippen LogP contribution in [0.5, 0.6) is 0 Å². The first kappa shape index (κ1) is 14.2. The lowest BCUT2D eigenvalue weighted by Crippen LogP contribution is -2.13. The smallest absolute Gasteiger partial charge is 0.182 e. The summed E-state index contributed by atoms with van der Waals surface area (Å²) in [4.78, 5) is 0.318. The Morgan fingerprint density at radius 2 is 1.62 bits per heavy atom. The molecule has 1 saturated carbocycles. The second-order valence-corrected chi connectivity index (χ2v) is 7.41. The zero-order valence-corrected chi connectivity index (χ0v) is 12.1. The van der Waals surface area contributed by atoms with Crippen LogP contribution in [-0.2, 0) is 9.84 Å². The second kappa shape index (κ2) is 5.24. The number of hydrogen-bond acceptors (Lipinski definition) is 3. The molecule has 3 atom stereocenters. The summed E-state index contributed by atoms with van der Waals surface area (Å²) in [5.41, 5.74) is 6.55. The van der Waals surface area contributed by atoms with Crippen LogP contribution < -0.4 is 5.73 Å². The quantitative estimate of drug-likeness (QED) is 0.943. The third-order valence-corrected chi connectivity index (χ3v) is 6.34. The highest BCUT2D eigenvalue weighted by atomic mass is 32.2. The molecule has 0 bridgehead atoms. The van der Waals surface area contributed by atoms with Crippen molar-refractivity contribution in [3.05, 3.63) is 66.0 Å². The van der Waals surface area contributed by atoms with Gasteiger partial charge in [-0.15, -0.1) is 0 Å². The lowest BCUT2D eigenvalue weighted by molar-refractivity contribution is 0.591. The highest BCUT2D eigenvalue weighted by Crippen LogP contribution is 2.53. The Morgan fingerprint density at radius 3 is 2.19 bits per heavy atom. The highest BCUT2D eigenvalue weighted by molar-refractivity contribution is 7.92. The molecular weight excluding hydrogens is 289 g/mol. The molecular formula is C16H16FNO2S. The molecule has 1 aliphatic rings. The molecule has 110 valence electrons. The Labute approximate surface area is 123 Å². The summed E-state index contributed by atoms with van der Waals surface area (Å²) in [7, 11) is -3.41. The van der Waals surface area contributed by atoms with Crippen molar-refractivity contribution in [2.75, 3.05) is 6.54 Å². The van der Waals surface area contributed by atoms with E-state index >= 15 is 0 Å². The van der Waals surface area contributed by atoms with Crippen molar-refractivity contribution in [3.63, 3.8) is 0 Å². The molecule has 2 aromatic carbocycles. The van der Waals surface area contributed by atoms with E-state index in [0.717, 1.165) is 5.56 Å². The van der Waals surface area contributed by atoms with Crippen LogP contribution in [0.15, 0.2) is 59.5 Å². The number of nitrogens with two attached hydrogens (primary N) is 1. The minimum absolute atomic E-state index is 0.110. The van der Waals surface area contributed by atoms with Gasteiger partial charge in [0.1, 0.15) is 5.82 Å². The van der Waals surface area contributed by atoms with Crippen LogP contribution in [0.3, 0.4) is 0 Å². The molecule has 21 heavy (non-hydrogen) atoms. The topological polar surface area (TPSA) is 60.2 Å². The van der Waals surface area contributed by atoms with Crippen LogP contribution in [0.1, 0.15) is 11.5 Å². The molecule has 3 nitrogen and oxygen atoms in total. The normalized spacial score (nSPS) is 24.8. The first-order valence-electron chi connectivity index (χ1n) is 6.80. The van der Waals surface area contributed by atoms with Crippen LogP contribution in [-0.4, -0.2) is 20.2 Å². The molecule has 0 unspecified atom stereocenters. The Hall–Kier alpha value is -1.72. The predicted molar refractivity (Wildman–Crippen MR) is 79.1 cm³/mol. The number of sulfone groups is 1. The average molecular weight is 305 g/mol. The monoisotopic (exact) mass is 305 g/mol. The van der Waals surface area contributed by atoms with E-state index in [1.165, 1.54) is 12.1 Å². The van der Waals surface area contributed by atoms with Crippen LogP contribution >= 0.6 is 0 Å². The Balaban J connectivity index is 1.94. The van der Waals surface area contributed by atoms with Gasteiger partial charge >= 0.3 is 0 Å². The zero-order chi connectivity index (χ0) is 15.0. The summed E-state index contributed by atoms with van der Waals surface area (Å²) in [5, 5.41) is -0.518. The van der Waals surface area contributed by atoms with E-state index in [2.05, 4.69) is 0 Å². The number of hydrogen-bond donors (Lipinski definition) is 1. The maximum absolute atomic E-state index is 13.0. The van der Waals surface area contributed by atoms with Gasteiger partial charge in [-0.2, -0.15) is 0 Å². The summed E-state index contributed by atoms with van der Waals surface area (Å²) in [6, 6.07) is 14.4. The van der Waals surface area contributed by atoms with E-state index in [4.69, 9.17) is 5.73 Å². The third-order valence-electron chi connectivity index (χ3n) is 4.05. The van der Waals surface area contributed by atoms with Gasteiger partial charge in [-0.05, 0) is 42.3 Å². The SMILES string of the molecule is NC[C@@H]1[C@H](c2ccc(F)cc2)[C@@H]1S(=O)(=O)c1ccccc1. The van der Waals surface area contributed by atoms with Crippen LogP contribution in [0.25, 0.3) is 0 Å². The molecule has 5 heteroatoms. The minimum Gasteiger partial charge on any atom is -0.330 e. The molecule has 1 aliphatic carbocycles. The Bertz CT molecular complexity index is 729. The van der Waals surface area contributed by atoms with Gasteiger partial charge < -0.3 is 5.73 Å². The summed E-state index contributed by atoms with van der Waals surface area (Å²) >= 11 is 0. The molecule has 0 aliphatic heterocycles. The van der Waals surface area contributed by atoms with Gasteiger partial charge in [0.15, 0.2) is 9.84 Å². The zero-order valence-electron chi connectivity index (χ0n) is 11.3. The average Bonchev–Trinajstić information content (AvgIpc) is 3.24. The largest absolute Gasteiger partial charge is 0.330 e. The van der Waals surface area contributed by atoms with Gasteiger partial charge in [-0.3, -0.25) is 0 Å². The van der Waals surface area contributed by atoms with Gasteiger partial charge in [0.25, 0.3) is 0 Å². The van der Waals surface area contributed by atoms with E-state index in [9.17, 15) is 12.8 Å². The molecule has 2 aromatic rings. The second-order valence-electron chi connectivity index (χ2n) is 5.30. The summed E-state index contributed by atoms with van der Waals surface area (Å²) in [6.45, 7) is 0.304. The van der Waals surface area contributed by atoms with E-state index in [0.29, 0.717) is 11.4 Å². The molecule has 0 aromatic heterocycles. The summed E-state index contributed by atoms with van der Waals surface area (Å²) in [5.74, 6) is -0.590. The highest BCUT2D eigenvalue weighted by Gasteiger charge is 2.57. The molecule has 0 amide bonds. The van der Waals surface area contributed by atoms with Gasteiger partial charge in [0, 0.05) is 5.92 Å². The van der Waals surface area contributed by atoms with Crippen molar-refractivity contribution < 1.29 is 12.8 Å². The van der Waals surface area contributed by atoms with Gasteiger partial charge in [0.2, 0.25) is 0 Å². The maximum Gasteiger partial charge on any atom is 0.182 e. The van der Waals surface area contributed by atoms with Gasteiger partial charge in [-0.25, -0.2) is 12.8 Å². The van der Waals surface area contributed by atoms with Gasteiger partial charge in [0.05, 0.1) is 10.1 Å². The Kier molecular flexibility index (Phi) is 3.55. The van der Waals surface area contributed by atoms with E-state index < -0.39 is 15.1 Å². The number of benzene rings is 2. The van der Waals surface area contributed by atoms with Crippen molar-refractivity contribution in [2.45, 2.75) is 16.1 Å². The number of rotatable bonds is 4. The molecule has 0 radical (unpaired) electrons. The first-order valence-corrected chi connectivity index (χ1v) is 8.35. The lowest BCUT2D eigenvalue weighted by atomic mass is 10.1. The van der Waals surface area contributed by atoms with Crippen LogP contribution in [0.2, 0.25) is 0 Å². The molecule has 2 N–H and O–H groups in total. The fourth-order valence-corrected chi connectivity index (χ4v) is 5.18. The standard InChI is InChI=1S/C16H16FNO2S/c17-12-8-6-11(7-9-12)15-14(10-18)16(15)21(19,20)13-4-2-1-3-5-13/h1-9,14-16H,10,18H2/t14-,15+,16-/m1/s1. The first-order chi connectivity index (χ1) is 10.1. The predicted octanol–water partition coefficient (Wildman–Crippen LogP) is 2.34. The van der Waals surface area contributed by atoms with Crippen molar-refractivity contribution >= 4 is 9.84 Å².